The van der Waals surface area contributed by atoms with Gasteiger partial charge in [-0.05, 0) is 18.1 Å². The Morgan fingerprint density at radius 3 is 2.81 bits per heavy atom. The van der Waals surface area contributed by atoms with Crippen molar-refractivity contribution in [1.82, 2.24) is 5.32 Å². The fraction of sp³-hybridized carbons (Fsp3) is 0.500. The summed E-state index contributed by atoms with van der Waals surface area (Å²) in [5.74, 6) is -0.763. The first-order chi connectivity index (χ1) is 9.89. The van der Waals surface area contributed by atoms with Crippen molar-refractivity contribution < 1.29 is 27.4 Å². The average molecular weight is 303 g/mol. The van der Waals surface area contributed by atoms with Crippen LogP contribution < -0.4 is 5.32 Å². The van der Waals surface area contributed by atoms with E-state index in [4.69, 9.17) is 9.47 Å². The summed E-state index contributed by atoms with van der Waals surface area (Å²) in [6, 6.07) is 6.76. The average Bonchev–Trinajstić information content (AvgIpc) is 2.44. The minimum Gasteiger partial charge on any atom is -0.464 e. The number of carbonyl (C=O) groups excluding carboxylic acids is 1. The molecule has 1 aliphatic heterocycles. The first kappa shape index (κ1) is 15.8. The lowest BCUT2D eigenvalue weighted by Crippen LogP contribution is -2.57. The van der Waals surface area contributed by atoms with E-state index in [0.29, 0.717) is 11.1 Å². The Kier molecular flexibility index (Phi) is 4.53. The van der Waals surface area contributed by atoms with Gasteiger partial charge in [0.15, 0.2) is 5.54 Å². The SMILES string of the molecule is CCOC(=O)C1(NCC(F)(F)F)COCc2ccccc21. The molecule has 0 spiro atoms. The summed E-state index contributed by atoms with van der Waals surface area (Å²) >= 11 is 0. The molecule has 21 heavy (non-hydrogen) atoms. The van der Waals surface area contributed by atoms with Crippen molar-refractivity contribution in [2.75, 3.05) is 19.8 Å². The largest absolute Gasteiger partial charge is 0.464 e. The number of fused-ring (bicyclic) bond motifs is 1. The smallest absolute Gasteiger partial charge is 0.401 e. The quantitative estimate of drug-likeness (QED) is 0.866. The summed E-state index contributed by atoms with van der Waals surface area (Å²) in [5, 5.41) is 2.29. The van der Waals surface area contributed by atoms with Crippen LogP contribution in [0, 0.1) is 0 Å². The Balaban J connectivity index is 2.40. The Bertz CT molecular complexity index is 518. The molecule has 0 radical (unpaired) electrons. The molecule has 116 valence electrons. The molecule has 0 amide bonds. The molecule has 1 aromatic rings. The number of alkyl halides is 3. The number of benzene rings is 1. The predicted octanol–water partition coefficient (Wildman–Crippen LogP) is 2.13. The highest BCUT2D eigenvalue weighted by Gasteiger charge is 2.47. The van der Waals surface area contributed by atoms with E-state index in [1.165, 1.54) is 0 Å². The zero-order valence-corrected chi connectivity index (χ0v) is 11.5. The van der Waals surface area contributed by atoms with Crippen LogP contribution in [0.2, 0.25) is 0 Å². The minimum atomic E-state index is -4.44. The monoisotopic (exact) mass is 303 g/mol. The third-order valence-electron chi connectivity index (χ3n) is 3.27. The molecular formula is C14H16F3NO3. The molecule has 0 aliphatic carbocycles. The molecule has 1 heterocycles. The van der Waals surface area contributed by atoms with Crippen molar-refractivity contribution >= 4 is 5.97 Å². The van der Waals surface area contributed by atoms with Gasteiger partial charge in [0.1, 0.15) is 0 Å². The summed E-state index contributed by atoms with van der Waals surface area (Å²) in [6.45, 7) is 0.439. The molecule has 0 aromatic heterocycles. The van der Waals surface area contributed by atoms with Crippen LogP contribution in [0.3, 0.4) is 0 Å². The van der Waals surface area contributed by atoms with Gasteiger partial charge in [0.2, 0.25) is 0 Å². The van der Waals surface area contributed by atoms with Gasteiger partial charge in [0.25, 0.3) is 0 Å². The molecular weight excluding hydrogens is 287 g/mol. The van der Waals surface area contributed by atoms with Crippen LogP contribution in [-0.2, 0) is 26.4 Å². The number of esters is 1. The number of halogens is 3. The second-order valence-corrected chi connectivity index (χ2v) is 4.74. The van der Waals surface area contributed by atoms with Gasteiger partial charge < -0.3 is 9.47 Å². The lowest BCUT2D eigenvalue weighted by Gasteiger charge is -2.37. The van der Waals surface area contributed by atoms with E-state index in [1.54, 1.807) is 31.2 Å². The molecule has 1 N–H and O–H groups in total. The van der Waals surface area contributed by atoms with Crippen molar-refractivity contribution in [3.63, 3.8) is 0 Å². The molecule has 0 bridgehead atoms. The van der Waals surface area contributed by atoms with E-state index in [1.807, 2.05) is 0 Å². The van der Waals surface area contributed by atoms with E-state index in [2.05, 4.69) is 5.32 Å². The van der Waals surface area contributed by atoms with Crippen LogP contribution in [0.1, 0.15) is 18.1 Å². The van der Waals surface area contributed by atoms with E-state index in [9.17, 15) is 18.0 Å². The molecule has 0 saturated carbocycles. The first-order valence-corrected chi connectivity index (χ1v) is 6.54. The number of hydrogen-bond acceptors (Lipinski definition) is 4. The highest BCUT2D eigenvalue weighted by molar-refractivity contribution is 5.83. The van der Waals surface area contributed by atoms with Crippen molar-refractivity contribution in [3.8, 4) is 0 Å². The van der Waals surface area contributed by atoms with Crippen molar-refractivity contribution in [2.24, 2.45) is 0 Å². The normalized spacial score (nSPS) is 21.7. The van der Waals surface area contributed by atoms with Crippen molar-refractivity contribution in [3.05, 3.63) is 35.4 Å². The second kappa shape index (κ2) is 6.03. The molecule has 0 fully saturated rings. The molecule has 7 heteroatoms. The number of nitrogens with one attached hydrogen (secondary N) is 1. The molecule has 4 nitrogen and oxygen atoms in total. The van der Waals surface area contributed by atoms with Crippen LogP contribution in [-0.4, -0.2) is 31.9 Å². The maximum absolute atomic E-state index is 12.6. The van der Waals surface area contributed by atoms with Crippen LogP contribution in [0.4, 0.5) is 13.2 Å². The van der Waals surface area contributed by atoms with Gasteiger partial charge in [-0.2, -0.15) is 13.2 Å². The Morgan fingerprint density at radius 2 is 2.14 bits per heavy atom. The predicted molar refractivity (Wildman–Crippen MR) is 68.5 cm³/mol. The van der Waals surface area contributed by atoms with Crippen molar-refractivity contribution in [2.45, 2.75) is 25.2 Å². The van der Waals surface area contributed by atoms with Gasteiger partial charge in [-0.15, -0.1) is 0 Å². The molecule has 1 aromatic carbocycles. The summed E-state index contributed by atoms with van der Waals surface area (Å²) in [7, 11) is 0. The summed E-state index contributed by atoms with van der Waals surface area (Å²) in [5.41, 5.74) is -0.481. The van der Waals surface area contributed by atoms with Crippen LogP contribution in [0.15, 0.2) is 24.3 Å². The maximum Gasteiger partial charge on any atom is 0.401 e. The molecule has 2 rings (SSSR count). The van der Waals surface area contributed by atoms with Crippen LogP contribution in [0.25, 0.3) is 0 Å². The van der Waals surface area contributed by atoms with Crippen LogP contribution in [0.5, 0.6) is 0 Å². The minimum absolute atomic E-state index is 0.0798. The molecule has 0 saturated heterocycles. The highest BCUT2D eigenvalue weighted by Crippen LogP contribution is 2.32. The summed E-state index contributed by atoms with van der Waals surface area (Å²) < 4.78 is 47.9. The molecule has 1 atom stereocenters. The van der Waals surface area contributed by atoms with Gasteiger partial charge >= 0.3 is 12.1 Å². The lowest BCUT2D eigenvalue weighted by molar-refractivity contribution is -0.162. The summed E-state index contributed by atoms with van der Waals surface area (Å²) in [6.07, 6.45) is -4.44. The van der Waals surface area contributed by atoms with E-state index in [0.717, 1.165) is 0 Å². The van der Waals surface area contributed by atoms with Gasteiger partial charge in [-0.1, -0.05) is 24.3 Å². The fourth-order valence-corrected chi connectivity index (χ4v) is 2.35. The van der Waals surface area contributed by atoms with Gasteiger partial charge in [0.05, 0.1) is 26.4 Å². The Labute approximate surface area is 120 Å². The Morgan fingerprint density at radius 1 is 1.43 bits per heavy atom. The molecule has 1 unspecified atom stereocenters. The zero-order chi connectivity index (χ0) is 15.5. The highest BCUT2D eigenvalue weighted by atomic mass is 19.4. The number of carbonyl (C=O) groups is 1. The zero-order valence-electron chi connectivity index (χ0n) is 11.5. The summed E-state index contributed by atoms with van der Waals surface area (Å²) in [4.78, 5) is 12.3. The number of rotatable bonds is 4. The van der Waals surface area contributed by atoms with Gasteiger partial charge in [-0.3, -0.25) is 5.32 Å². The Hall–Kier alpha value is -1.60. The third-order valence-corrected chi connectivity index (χ3v) is 3.27. The van der Waals surface area contributed by atoms with Gasteiger partial charge in [0, 0.05) is 0 Å². The van der Waals surface area contributed by atoms with Gasteiger partial charge in [-0.25, -0.2) is 4.79 Å². The first-order valence-electron chi connectivity index (χ1n) is 6.54. The second-order valence-electron chi connectivity index (χ2n) is 4.74. The van der Waals surface area contributed by atoms with Crippen molar-refractivity contribution in [1.29, 1.82) is 0 Å². The van der Waals surface area contributed by atoms with E-state index >= 15 is 0 Å². The standard InChI is InChI=1S/C14H16F3NO3/c1-2-21-12(19)13(18-8-14(15,16)17)9-20-7-10-5-3-4-6-11(10)13/h3-6,18H,2,7-9H2,1H3. The number of hydrogen-bond donors (Lipinski definition) is 1. The maximum atomic E-state index is 12.6. The number of ether oxygens (including phenoxy) is 2. The molecule has 1 aliphatic rings. The van der Waals surface area contributed by atoms with E-state index < -0.39 is 24.2 Å². The topological polar surface area (TPSA) is 47.6 Å². The third kappa shape index (κ3) is 3.36. The van der Waals surface area contributed by atoms with Crippen LogP contribution >= 0.6 is 0 Å². The fourth-order valence-electron chi connectivity index (χ4n) is 2.35. The lowest BCUT2D eigenvalue weighted by atomic mass is 9.85. The van der Waals surface area contributed by atoms with E-state index in [-0.39, 0.29) is 19.8 Å².